The highest BCUT2D eigenvalue weighted by molar-refractivity contribution is 5.96. The molecule has 3 atom stereocenters. The van der Waals surface area contributed by atoms with Crippen LogP contribution in [0.1, 0.15) is 72.1 Å². The lowest BCUT2D eigenvalue weighted by Gasteiger charge is -2.34. The Morgan fingerprint density at radius 2 is 2.22 bits per heavy atom. The van der Waals surface area contributed by atoms with Gasteiger partial charge >= 0.3 is 0 Å². The molecule has 144 valence electrons. The minimum absolute atomic E-state index is 0.120. The number of hydrogen-bond acceptors (Lipinski definition) is 2. The Kier molecular flexibility index (Phi) is 4.28. The summed E-state index contributed by atoms with van der Waals surface area (Å²) in [5.74, 6) is -0.503. The first-order chi connectivity index (χ1) is 12.9. The van der Waals surface area contributed by atoms with E-state index in [0.717, 1.165) is 30.4 Å². The van der Waals surface area contributed by atoms with Gasteiger partial charge in [0.05, 0.1) is 11.1 Å². The average Bonchev–Trinajstić information content (AvgIpc) is 3.24. The highest BCUT2D eigenvalue weighted by Gasteiger charge is 2.57. The molecule has 4 nitrogen and oxygen atoms in total. The van der Waals surface area contributed by atoms with Gasteiger partial charge in [0.1, 0.15) is 11.5 Å². The number of amides is 1. The number of nitrogens with zero attached hydrogens (tertiary/aromatic N) is 2. The molecule has 1 aromatic carbocycles. The first-order valence-electron chi connectivity index (χ1n) is 9.31. The summed E-state index contributed by atoms with van der Waals surface area (Å²) in [6.45, 7) is 2.08. The van der Waals surface area contributed by atoms with Gasteiger partial charge in [-0.15, -0.1) is 0 Å². The molecule has 1 fully saturated rings. The van der Waals surface area contributed by atoms with Gasteiger partial charge in [-0.25, -0.2) is 13.2 Å². The van der Waals surface area contributed by atoms with E-state index in [2.05, 4.69) is 17.3 Å². The van der Waals surface area contributed by atoms with Gasteiger partial charge in [0.2, 0.25) is 0 Å². The maximum Gasteiger partial charge on any atom is 0.282 e. The second kappa shape index (κ2) is 6.39. The van der Waals surface area contributed by atoms with Crippen LogP contribution >= 0.6 is 0 Å². The van der Waals surface area contributed by atoms with Crippen LogP contribution in [-0.2, 0) is 12.6 Å². The summed E-state index contributed by atoms with van der Waals surface area (Å²) >= 11 is 0. The quantitative estimate of drug-likeness (QED) is 0.838. The normalized spacial score (nSPS) is 25.9. The monoisotopic (exact) mass is 377 g/mol. The smallest absolute Gasteiger partial charge is 0.282 e. The van der Waals surface area contributed by atoms with E-state index in [1.807, 2.05) is 0 Å². The van der Waals surface area contributed by atoms with Crippen molar-refractivity contribution in [3.05, 3.63) is 52.6 Å². The Hall–Kier alpha value is -2.31. The average molecular weight is 377 g/mol. The maximum atomic E-state index is 14.0. The summed E-state index contributed by atoms with van der Waals surface area (Å²) in [6.07, 6.45) is 1.89. The molecule has 1 saturated carbocycles. The summed E-state index contributed by atoms with van der Waals surface area (Å²) in [6, 6.07) is 4.75. The number of fused-ring (bicyclic) bond motifs is 5. The van der Waals surface area contributed by atoms with Crippen molar-refractivity contribution in [2.24, 2.45) is 13.0 Å². The van der Waals surface area contributed by atoms with Crippen LogP contribution in [0.25, 0.3) is 0 Å². The summed E-state index contributed by atoms with van der Waals surface area (Å²) in [4.78, 5) is 13.0. The molecule has 0 saturated heterocycles. The molecule has 2 bridgehead atoms. The van der Waals surface area contributed by atoms with E-state index in [4.69, 9.17) is 0 Å². The number of aromatic nitrogens is 2. The lowest BCUT2D eigenvalue weighted by molar-refractivity contribution is 0.0855. The molecule has 4 rings (SSSR count). The van der Waals surface area contributed by atoms with Gasteiger partial charge in [-0.3, -0.25) is 9.48 Å². The van der Waals surface area contributed by atoms with Crippen molar-refractivity contribution < 1.29 is 18.0 Å². The van der Waals surface area contributed by atoms with Gasteiger partial charge in [-0.05, 0) is 54.4 Å². The van der Waals surface area contributed by atoms with Crippen molar-refractivity contribution >= 4 is 5.91 Å². The van der Waals surface area contributed by atoms with Gasteiger partial charge in [-0.1, -0.05) is 19.4 Å². The predicted octanol–water partition coefficient (Wildman–Crippen LogP) is 4.43. The van der Waals surface area contributed by atoms with Crippen LogP contribution in [0, 0.1) is 11.7 Å². The molecule has 3 unspecified atom stereocenters. The number of alkyl halides is 2. The Morgan fingerprint density at radius 1 is 1.44 bits per heavy atom. The third kappa shape index (κ3) is 2.66. The van der Waals surface area contributed by atoms with E-state index >= 15 is 0 Å². The van der Waals surface area contributed by atoms with Crippen LogP contribution < -0.4 is 5.32 Å². The van der Waals surface area contributed by atoms with Crippen LogP contribution in [-0.4, -0.2) is 15.7 Å². The van der Waals surface area contributed by atoms with E-state index in [9.17, 15) is 18.0 Å². The fourth-order valence-corrected chi connectivity index (χ4v) is 5.15. The van der Waals surface area contributed by atoms with Crippen LogP contribution in [0.5, 0.6) is 0 Å². The molecule has 27 heavy (non-hydrogen) atoms. The minimum Gasteiger partial charge on any atom is -0.342 e. The fourth-order valence-electron chi connectivity index (χ4n) is 5.15. The zero-order valence-electron chi connectivity index (χ0n) is 15.3. The number of rotatable bonds is 5. The van der Waals surface area contributed by atoms with Crippen molar-refractivity contribution in [2.75, 3.05) is 0 Å². The molecular weight excluding hydrogens is 355 g/mol. The molecule has 2 aromatic rings. The van der Waals surface area contributed by atoms with E-state index < -0.39 is 23.6 Å². The van der Waals surface area contributed by atoms with Crippen LogP contribution in [0.4, 0.5) is 13.2 Å². The van der Waals surface area contributed by atoms with Crippen molar-refractivity contribution in [1.82, 2.24) is 15.1 Å². The first kappa shape index (κ1) is 18.1. The Bertz CT molecular complexity index is 895. The molecule has 1 heterocycles. The molecule has 0 aliphatic heterocycles. The highest BCUT2D eigenvalue weighted by Crippen LogP contribution is 2.61. The topological polar surface area (TPSA) is 46.9 Å². The fraction of sp³-hybridized carbons (Fsp3) is 0.500. The van der Waals surface area contributed by atoms with Crippen LogP contribution in [0.2, 0.25) is 0 Å². The predicted molar refractivity (Wildman–Crippen MR) is 94.1 cm³/mol. The summed E-state index contributed by atoms with van der Waals surface area (Å²) in [7, 11) is 1.51. The van der Waals surface area contributed by atoms with E-state index in [-0.39, 0.29) is 23.2 Å². The summed E-state index contributed by atoms with van der Waals surface area (Å²) in [5.41, 5.74) is 0.523. The molecule has 1 N–H and O–H groups in total. The number of halogens is 3. The third-order valence-corrected chi connectivity index (χ3v) is 6.11. The zero-order chi connectivity index (χ0) is 19.3. The number of carbonyl (C=O) groups excluding carboxylic acids is 1. The molecule has 0 radical (unpaired) electrons. The van der Waals surface area contributed by atoms with Gasteiger partial charge in [-0.2, -0.15) is 5.10 Å². The lowest BCUT2D eigenvalue weighted by Crippen LogP contribution is -2.47. The van der Waals surface area contributed by atoms with Crippen molar-refractivity contribution in [1.29, 1.82) is 0 Å². The Morgan fingerprint density at radius 3 is 2.93 bits per heavy atom. The van der Waals surface area contributed by atoms with E-state index in [1.54, 1.807) is 6.07 Å². The summed E-state index contributed by atoms with van der Waals surface area (Å²) in [5, 5.41) is 6.76. The van der Waals surface area contributed by atoms with Gasteiger partial charge in [0.25, 0.3) is 12.3 Å². The van der Waals surface area contributed by atoms with Gasteiger partial charge in [0, 0.05) is 13.2 Å². The van der Waals surface area contributed by atoms with Crippen LogP contribution in [0.15, 0.2) is 24.4 Å². The number of aryl methyl sites for hydroxylation is 1. The Balaban J connectivity index is 1.75. The molecule has 2 aliphatic carbocycles. The van der Waals surface area contributed by atoms with Gasteiger partial charge < -0.3 is 5.32 Å². The number of carbonyl (C=O) groups is 1. The van der Waals surface area contributed by atoms with E-state index in [1.165, 1.54) is 30.1 Å². The SMILES string of the molecule is CCCC1C2CCC1(NC(=O)c1cn(C)nc1C(F)F)c1cc(F)ccc12. The molecule has 1 amide bonds. The van der Waals surface area contributed by atoms with Gasteiger partial charge in [0.15, 0.2) is 0 Å². The zero-order valence-corrected chi connectivity index (χ0v) is 15.3. The molecule has 2 aliphatic rings. The third-order valence-electron chi connectivity index (χ3n) is 6.11. The van der Waals surface area contributed by atoms with E-state index in [0.29, 0.717) is 6.42 Å². The molecule has 0 spiro atoms. The van der Waals surface area contributed by atoms with Crippen molar-refractivity contribution in [3.8, 4) is 0 Å². The lowest BCUT2D eigenvalue weighted by atomic mass is 9.82. The van der Waals surface area contributed by atoms with Crippen LogP contribution in [0.3, 0.4) is 0 Å². The van der Waals surface area contributed by atoms with Crippen molar-refractivity contribution in [2.45, 2.75) is 50.5 Å². The maximum absolute atomic E-state index is 14.0. The summed E-state index contributed by atoms with van der Waals surface area (Å²) < 4.78 is 41.8. The first-order valence-corrected chi connectivity index (χ1v) is 9.31. The number of nitrogens with one attached hydrogen (secondary N) is 1. The number of benzene rings is 1. The standard InChI is InChI=1S/C20H22F3N3O/c1-3-4-15-13-7-8-20(15,16-9-11(21)5-6-12(13)16)24-19(27)14-10-26(2)25-17(14)18(22)23/h5-6,9-10,13,15,18H,3-4,7-8H2,1-2H3,(H,24,27). The molecular formula is C20H22F3N3O. The minimum atomic E-state index is -2.83. The molecule has 1 aromatic heterocycles. The highest BCUT2D eigenvalue weighted by atomic mass is 19.3. The molecule has 7 heteroatoms. The largest absolute Gasteiger partial charge is 0.342 e. The number of hydrogen-bond donors (Lipinski definition) is 1. The Labute approximate surface area is 155 Å². The second-order valence-electron chi connectivity index (χ2n) is 7.60. The van der Waals surface area contributed by atoms with Crippen molar-refractivity contribution in [3.63, 3.8) is 0 Å². The second-order valence-corrected chi connectivity index (χ2v) is 7.60.